The number of hydrogen-bond acceptors (Lipinski definition) is 4. The van der Waals surface area contributed by atoms with Crippen LogP contribution in [0.15, 0.2) is 18.6 Å². The summed E-state index contributed by atoms with van der Waals surface area (Å²) in [6.45, 7) is 3.84. The molecule has 0 bridgehead atoms. The fourth-order valence-corrected chi connectivity index (χ4v) is 1.58. The topological polar surface area (TPSA) is 63.8 Å². The number of rotatable bonds is 3. The zero-order valence-corrected chi connectivity index (χ0v) is 10.4. The van der Waals surface area contributed by atoms with Crippen molar-refractivity contribution >= 4 is 11.6 Å². The fourth-order valence-electron chi connectivity index (χ4n) is 1.44. The van der Waals surface area contributed by atoms with Crippen molar-refractivity contribution in [3.05, 3.63) is 35.1 Å². The number of nitrogens with zero attached hydrogens (tertiary/aromatic N) is 4. The molecule has 0 spiro atoms. The molecule has 0 radical (unpaired) electrons. The highest BCUT2D eigenvalue weighted by Gasteiger charge is 2.11. The first-order chi connectivity index (χ1) is 8.11. The molecule has 6 heteroatoms. The molecule has 0 aromatic carbocycles. The van der Waals surface area contributed by atoms with Crippen molar-refractivity contribution in [3.8, 4) is 5.69 Å². The molecule has 17 heavy (non-hydrogen) atoms. The van der Waals surface area contributed by atoms with Crippen molar-refractivity contribution < 1.29 is 5.11 Å². The first-order valence-electron chi connectivity index (χ1n) is 5.29. The third-order valence-corrected chi connectivity index (χ3v) is 2.52. The number of hydrogen-bond donors (Lipinski definition) is 1. The maximum Gasteiger partial charge on any atom is 0.131 e. The van der Waals surface area contributed by atoms with Gasteiger partial charge in [-0.05, 0) is 0 Å². The summed E-state index contributed by atoms with van der Waals surface area (Å²) in [5.74, 6) is 0.923. The molecule has 0 atom stereocenters. The molecule has 1 N–H and O–H groups in total. The summed E-state index contributed by atoms with van der Waals surface area (Å²) in [6.07, 6.45) is 4.82. The van der Waals surface area contributed by atoms with Crippen LogP contribution in [0.4, 0.5) is 0 Å². The van der Waals surface area contributed by atoms with Crippen LogP contribution in [0.2, 0.25) is 5.02 Å². The molecule has 5 nitrogen and oxygen atoms in total. The van der Waals surface area contributed by atoms with Gasteiger partial charge in [-0.25, -0.2) is 14.6 Å². The minimum Gasteiger partial charge on any atom is -0.390 e. The maximum absolute atomic E-state index is 9.33. The van der Waals surface area contributed by atoms with Gasteiger partial charge in [-0.2, -0.15) is 5.10 Å². The normalized spacial score (nSPS) is 11.1. The van der Waals surface area contributed by atoms with Crippen LogP contribution in [-0.2, 0) is 6.61 Å². The van der Waals surface area contributed by atoms with E-state index in [-0.39, 0.29) is 12.5 Å². The van der Waals surface area contributed by atoms with E-state index in [9.17, 15) is 5.11 Å². The van der Waals surface area contributed by atoms with E-state index in [1.165, 1.54) is 6.20 Å². The van der Waals surface area contributed by atoms with Crippen molar-refractivity contribution in [3.63, 3.8) is 0 Å². The largest absolute Gasteiger partial charge is 0.390 e. The van der Waals surface area contributed by atoms with Crippen LogP contribution in [0.5, 0.6) is 0 Å². The monoisotopic (exact) mass is 252 g/mol. The van der Waals surface area contributed by atoms with Gasteiger partial charge in [0.2, 0.25) is 0 Å². The van der Waals surface area contributed by atoms with Crippen LogP contribution in [0.25, 0.3) is 5.69 Å². The van der Waals surface area contributed by atoms with Gasteiger partial charge in [-0.1, -0.05) is 25.4 Å². The van der Waals surface area contributed by atoms with Gasteiger partial charge in [0.1, 0.15) is 11.5 Å². The van der Waals surface area contributed by atoms with Crippen molar-refractivity contribution in [1.82, 2.24) is 19.7 Å². The molecule has 0 amide bonds. The second kappa shape index (κ2) is 4.81. The zero-order valence-electron chi connectivity index (χ0n) is 9.63. The van der Waals surface area contributed by atoms with Gasteiger partial charge in [-0.3, -0.25) is 0 Å². The highest BCUT2D eigenvalue weighted by Crippen LogP contribution is 2.17. The average molecular weight is 253 g/mol. The summed E-state index contributed by atoms with van der Waals surface area (Å²) in [6, 6.07) is 0. The Labute approximate surface area is 104 Å². The van der Waals surface area contributed by atoms with E-state index in [0.29, 0.717) is 22.2 Å². The minimum atomic E-state index is -0.158. The molecule has 2 rings (SSSR count). The lowest BCUT2D eigenvalue weighted by atomic mass is 10.2. The van der Waals surface area contributed by atoms with Gasteiger partial charge in [0.15, 0.2) is 0 Å². The first-order valence-corrected chi connectivity index (χ1v) is 5.67. The summed E-state index contributed by atoms with van der Waals surface area (Å²) < 4.78 is 1.55. The summed E-state index contributed by atoms with van der Waals surface area (Å²) in [5, 5.41) is 13.9. The van der Waals surface area contributed by atoms with E-state index in [0.717, 1.165) is 0 Å². The van der Waals surface area contributed by atoms with Gasteiger partial charge in [-0.15, -0.1) is 0 Å². The predicted molar refractivity (Wildman–Crippen MR) is 64.2 cm³/mol. The third kappa shape index (κ3) is 2.45. The Balaban J connectivity index is 2.48. The molecule has 0 saturated heterocycles. The second-order valence-corrected chi connectivity index (χ2v) is 4.41. The minimum absolute atomic E-state index is 0.158. The number of aliphatic hydroxyl groups excluding tert-OH is 1. The molecule has 2 heterocycles. The van der Waals surface area contributed by atoms with E-state index < -0.39 is 0 Å². The second-order valence-electron chi connectivity index (χ2n) is 3.98. The average Bonchev–Trinajstić information content (AvgIpc) is 2.74. The Morgan fingerprint density at radius 2 is 2.18 bits per heavy atom. The van der Waals surface area contributed by atoms with Crippen LogP contribution in [0.1, 0.15) is 31.3 Å². The third-order valence-electron chi connectivity index (χ3n) is 2.33. The van der Waals surface area contributed by atoms with Crippen LogP contribution < -0.4 is 0 Å². The highest BCUT2D eigenvalue weighted by molar-refractivity contribution is 6.30. The Kier molecular flexibility index (Phi) is 3.40. The molecule has 0 unspecified atom stereocenters. The molecule has 0 aliphatic heterocycles. The van der Waals surface area contributed by atoms with Gasteiger partial charge in [0.25, 0.3) is 0 Å². The van der Waals surface area contributed by atoms with Crippen molar-refractivity contribution in [2.75, 3.05) is 0 Å². The van der Waals surface area contributed by atoms with Gasteiger partial charge < -0.3 is 5.11 Å². The molecule has 2 aromatic heterocycles. The predicted octanol–water partition coefficient (Wildman–Crippen LogP) is 1.93. The summed E-state index contributed by atoms with van der Waals surface area (Å²) >= 11 is 5.80. The van der Waals surface area contributed by atoms with Gasteiger partial charge in [0.05, 0.1) is 29.7 Å². The molecule has 0 aliphatic carbocycles. The standard InChI is InChI=1S/C11H13ClN4O/c1-7(2)11-13-4-10(9(6-17)15-11)16-5-8(12)3-14-16/h3-5,7,17H,6H2,1-2H3. The van der Waals surface area contributed by atoms with Crippen LogP contribution >= 0.6 is 11.6 Å². The number of aromatic nitrogens is 4. The van der Waals surface area contributed by atoms with Crippen LogP contribution in [0, 0.1) is 0 Å². The number of halogens is 1. The maximum atomic E-state index is 9.33. The number of aliphatic hydroxyl groups is 1. The lowest BCUT2D eigenvalue weighted by Crippen LogP contribution is -2.08. The van der Waals surface area contributed by atoms with Crippen molar-refractivity contribution in [2.45, 2.75) is 26.4 Å². The molecule has 0 saturated carbocycles. The first kappa shape index (κ1) is 12.0. The lowest BCUT2D eigenvalue weighted by Gasteiger charge is -2.09. The SMILES string of the molecule is CC(C)c1ncc(-n2cc(Cl)cn2)c(CO)n1. The fraction of sp³-hybridized carbons (Fsp3) is 0.364. The van der Waals surface area contributed by atoms with E-state index in [1.807, 2.05) is 13.8 Å². The Morgan fingerprint density at radius 1 is 1.41 bits per heavy atom. The van der Waals surface area contributed by atoms with E-state index in [4.69, 9.17) is 11.6 Å². The van der Waals surface area contributed by atoms with Crippen molar-refractivity contribution in [1.29, 1.82) is 0 Å². The summed E-state index contributed by atoms with van der Waals surface area (Å²) in [5.41, 5.74) is 1.19. The molecular weight excluding hydrogens is 240 g/mol. The Hall–Kier alpha value is -1.46. The Bertz CT molecular complexity index is 524. The van der Waals surface area contributed by atoms with Gasteiger partial charge in [0, 0.05) is 12.1 Å². The zero-order chi connectivity index (χ0) is 12.4. The molecular formula is C11H13ClN4O. The Morgan fingerprint density at radius 3 is 2.71 bits per heavy atom. The van der Waals surface area contributed by atoms with Crippen LogP contribution in [0.3, 0.4) is 0 Å². The quantitative estimate of drug-likeness (QED) is 0.907. The molecule has 0 fully saturated rings. The van der Waals surface area contributed by atoms with Crippen LogP contribution in [-0.4, -0.2) is 24.9 Å². The lowest BCUT2D eigenvalue weighted by molar-refractivity contribution is 0.275. The smallest absolute Gasteiger partial charge is 0.131 e. The van der Waals surface area contributed by atoms with E-state index in [2.05, 4.69) is 15.1 Å². The summed E-state index contributed by atoms with van der Waals surface area (Å²) in [4.78, 5) is 8.56. The highest BCUT2D eigenvalue weighted by atomic mass is 35.5. The van der Waals surface area contributed by atoms with Gasteiger partial charge >= 0.3 is 0 Å². The molecule has 90 valence electrons. The molecule has 2 aromatic rings. The van der Waals surface area contributed by atoms with E-state index >= 15 is 0 Å². The molecule has 0 aliphatic rings. The van der Waals surface area contributed by atoms with Crippen molar-refractivity contribution in [2.24, 2.45) is 0 Å². The van der Waals surface area contributed by atoms with E-state index in [1.54, 1.807) is 17.1 Å². The summed E-state index contributed by atoms with van der Waals surface area (Å²) in [7, 11) is 0.